The Morgan fingerprint density at radius 3 is 2.91 bits per heavy atom. The van der Waals surface area contributed by atoms with Gasteiger partial charge >= 0.3 is 0 Å². The Morgan fingerprint density at radius 1 is 1.35 bits per heavy atom. The Labute approximate surface area is 140 Å². The van der Waals surface area contributed by atoms with Crippen LogP contribution in [0.2, 0.25) is 5.02 Å². The number of halogens is 1. The van der Waals surface area contributed by atoms with Crippen LogP contribution in [0.3, 0.4) is 0 Å². The van der Waals surface area contributed by atoms with Gasteiger partial charge in [-0.05, 0) is 42.9 Å². The molecular weight excluding hydrogens is 312 g/mol. The molecule has 4 rings (SSSR count). The zero-order valence-corrected chi connectivity index (χ0v) is 13.8. The van der Waals surface area contributed by atoms with Gasteiger partial charge in [-0.15, -0.1) is 5.10 Å². The highest BCUT2D eigenvalue weighted by molar-refractivity contribution is 6.30. The van der Waals surface area contributed by atoms with Gasteiger partial charge in [-0.2, -0.15) is 0 Å². The van der Waals surface area contributed by atoms with E-state index in [1.165, 1.54) is 11.3 Å². The van der Waals surface area contributed by atoms with Crippen LogP contribution >= 0.6 is 11.6 Å². The fourth-order valence-electron chi connectivity index (χ4n) is 3.53. The summed E-state index contributed by atoms with van der Waals surface area (Å²) in [4.78, 5) is 12.5. The van der Waals surface area contributed by atoms with E-state index in [1.54, 1.807) is 0 Å². The van der Waals surface area contributed by atoms with E-state index < -0.39 is 0 Å². The lowest BCUT2D eigenvalue weighted by Crippen LogP contribution is -2.40. The molecular formula is C17H19ClN4O. The van der Waals surface area contributed by atoms with Gasteiger partial charge < -0.3 is 5.32 Å². The largest absolute Gasteiger partial charge is 0.353 e. The molecule has 23 heavy (non-hydrogen) atoms. The molecule has 2 aromatic rings. The molecule has 1 heterocycles. The molecule has 1 aromatic carbocycles. The zero-order valence-electron chi connectivity index (χ0n) is 13.0. The predicted octanol–water partition coefficient (Wildman–Crippen LogP) is 2.25. The number of nitrogens with one attached hydrogen (secondary N) is 1. The monoisotopic (exact) mass is 330 g/mol. The minimum Gasteiger partial charge on any atom is -0.353 e. The first-order chi connectivity index (χ1) is 11.1. The first-order valence-electron chi connectivity index (χ1n) is 8.05. The van der Waals surface area contributed by atoms with Crippen molar-refractivity contribution in [3.8, 4) is 0 Å². The molecule has 0 bridgehead atoms. The summed E-state index contributed by atoms with van der Waals surface area (Å²) in [7, 11) is 1.92. The molecule has 1 N–H and O–H groups in total. The molecule has 5 nitrogen and oxygen atoms in total. The predicted molar refractivity (Wildman–Crippen MR) is 87.3 cm³/mol. The van der Waals surface area contributed by atoms with Crippen molar-refractivity contribution in [2.24, 2.45) is 13.0 Å². The highest BCUT2D eigenvalue weighted by Crippen LogP contribution is 2.47. The highest BCUT2D eigenvalue weighted by Gasteiger charge is 2.44. The second-order valence-corrected chi connectivity index (χ2v) is 6.99. The summed E-state index contributed by atoms with van der Waals surface area (Å²) in [5, 5.41) is 12.2. The first-order valence-corrected chi connectivity index (χ1v) is 8.43. The molecule has 2 aliphatic rings. The van der Waals surface area contributed by atoms with E-state index in [0.717, 1.165) is 36.4 Å². The molecule has 2 aliphatic carbocycles. The summed E-state index contributed by atoms with van der Waals surface area (Å²) in [6, 6.07) is 8.00. The molecule has 1 amide bonds. The molecule has 0 saturated heterocycles. The molecule has 1 fully saturated rings. The van der Waals surface area contributed by atoms with Crippen LogP contribution in [0.4, 0.5) is 0 Å². The van der Waals surface area contributed by atoms with Crippen LogP contribution in [-0.2, 0) is 24.7 Å². The zero-order chi connectivity index (χ0) is 16.0. The van der Waals surface area contributed by atoms with Crippen molar-refractivity contribution in [1.82, 2.24) is 20.3 Å². The van der Waals surface area contributed by atoms with E-state index in [0.29, 0.717) is 5.92 Å². The Bertz CT molecular complexity index is 740. The van der Waals surface area contributed by atoms with Crippen LogP contribution in [0.15, 0.2) is 24.3 Å². The van der Waals surface area contributed by atoms with Crippen molar-refractivity contribution in [2.45, 2.75) is 37.6 Å². The summed E-state index contributed by atoms with van der Waals surface area (Å²) in [5.74, 6) is 0.602. The summed E-state index contributed by atoms with van der Waals surface area (Å²) in [5.41, 5.74) is 3.42. The lowest BCUT2D eigenvalue weighted by atomic mass is 9.95. The summed E-state index contributed by atoms with van der Waals surface area (Å²) in [6.45, 7) is 0. The minimum absolute atomic E-state index is 0.0967. The third kappa shape index (κ3) is 2.85. The number of aromatic nitrogens is 3. The van der Waals surface area contributed by atoms with Gasteiger partial charge in [0.2, 0.25) is 5.91 Å². The Morgan fingerprint density at radius 2 is 2.13 bits per heavy atom. The first kappa shape index (κ1) is 14.7. The van der Waals surface area contributed by atoms with Crippen LogP contribution < -0.4 is 5.32 Å². The minimum atomic E-state index is 0.0967. The highest BCUT2D eigenvalue weighted by atomic mass is 35.5. The third-order valence-corrected chi connectivity index (χ3v) is 5.22. The SMILES string of the molecule is Cn1nnc2c1CCC(NC(=O)[C@H]1C[C@@H]1c1ccc(Cl)cc1)C2. The van der Waals surface area contributed by atoms with Crippen molar-refractivity contribution >= 4 is 17.5 Å². The number of carbonyl (C=O) groups is 1. The number of fused-ring (bicyclic) bond motifs is 1. The van der Waals surface area contributed by atoms with Gasteiger partial charge in [-0.3, -0.25) is 9.48 Å². The maximum atomic E-state index is 12.5. The van der Waals surface area contributed by atoms with E-state index in [4.69, 9.17) is 11.6 Å². The van der Waals surface area contributed by atoms with E-state index in [-0.39, 0.29) is 17.9 Å². The van der Waals surface area contributed by atoms with Crippen molar-refractivity contribution in [2.75, 3.05) is 0 Å². The standard InChI is InChI=1S/C17H19ClN4O/c1-22-16-7-6-12(8-15(16)20-21-22)19-17(23)14-9-13(14)10-2-4-11(18)5-3-10/h2-5,12-14H,6-9H2,1H3,(H,19,23)/t12?,13-,14+/m1/s1. The lowest BCUT2D eigenvalue weighted by molar-refractivity contribution is -0.123. The fraction of sp³-hybridized carbons (Fsp3) is 0.471. The molecule has 1 unspecified atom stereocenters. The second-order valence-electron chi connectivity index (χ2n) is 6.55. The smallest absolute Gasteiger partial charge is 0.223 e. The van der Waals surface area contributed by atoms with Crippen LogP contribution in [0, 0.1) is 5.92 Å². The molecule has 0 aliphatic heterocycles. The maximum Gasteiger partial charge on any atom is 0.223 e. The molecule has 6 heteroatoms. The molecule has 1 saturated carbocycles. The number of aryl methyl sites for hydroxylation is 1. The van der Waals surface area contributed by atoms with Gasteiger partial charge in [0.05, 0.1) is 11.4 Å². The number of hydrogen-bond donors (Lipinski definition) is 1. The quantitative estimate of drug-likeness (QED) is 0.939. The lowest BCUT2D eigenvalue weighted by Gasteiger charge is -2.22. The Balaban J connectivity index is 1.36. The van der Waals surface area contributed by atoms with Gasteiger partial charge in [0.1, 0.15) is 0 Å². The Kier molecular flexibility index (Phi) is 3.60. The van der Waals surface area contributed by atoms with Crippen molar-refractivity contribution in [3.63, 3.8) is 0 Å². The number of carbonyl (C=O) groups excluding carboxylic acids is 1. The van der Waals surface area contributed by atoms with Crippen molar-refractivity contribution < 1.29 is 4.79 Å². The summed E-state index contributed by atoms with van der Waals surface area (Å²) >= 11 is 5.92. The van der Waals surface area contributed by atoms with E-state index in [9.17, 15) is 4.79 Å². The van der Waals surface area contributed by atoms with E-state index in [1.807, 2.05) is 36.0 Å². The van der Waals surface area contributed by atoms with Crippen molar-refractivity contribution in [3.05, 3.63) is 46.2 Å². The molecule has 120 valence electrons. The van der Waals surface area contributed by atoms with Gasteiger partial charge in [0.15, 0.2) is 0 Å². The van der Waals surface area contributed by atoms with Gasteiger partial charge in [0.25, 0.3) is 0 Å². The molecule has 0 spiro atoms. The number of nitrogens with zero attached hydrogens (tertiary/aromatic N) is 3. The number of hydrogen-bond acceptors (Lipinski definition) is 3. The average molecular weight is 331 g/mol. The van der Waals surface area contributed by atoms with E-state index >= 15 is 0 Å². The van der Waals surface area contributed by atoms with Crippen LogP contribution in [0.1, 0.15) is 35.7 Å². The van der Waals surface area contributed by atoms with Crippen LogP contribution in [0.5, 0.6) is 0 Å². The third-order valence-electron chi connectivity index (χ3n) is 4.96. The molecule has 0 radical (unpaired) electrons. The van der Waals surface area contributed by atoms with Gasteiger partial charge in [-0.25, -0.2) is 0 Å². The fourth-order valence-corrected chi connectivity index (χ4v) is 3.65. The second kappa shape index (κ2) is 5.64. The number of amides is 1. The van der Waals surface area contributed by atoms with Gasteiger partial charge in [0, 0.05) is 30.5 Å². The van der Waals surface area contributed by atoms with Crippen molar-refractivity contribution in [1.29, 1.82) is 0 Å². The van der Waals surface area contributed by atoms with Crippen LogP contribution in [-0.4, -0.2) is 26.9 Å². The average Bonchev–Trinajstić information content (AvgIpc) is 3.27. The van der Waals surface area contributed by atoms with Crippen LogP contribution in [0.25, 0.3) is 0 Å². The van der Waals surface area contributed by atoms with Gasteiger partial charge in [-0.1, -0.05) is 28.9 Å². The van der Waals surface area contributed by atoms with E-state index in [2.05, 4.69) is 15.6 Å². The number of rotatable bonds is 3. The molecule has 3 atom stereocenters. The summed E-state index contributed by atoms with van der Waals surface area (Å²) in [6.07, 6.45) is 3.59. The number of benzene rings is 1. The molecule has 1 aromatic heterocycles. The Hall–Kier alpha value is -1.88. The summed E-state index contributed by atoms with van der Waals surface area (Å²) < 4.78 is 1.84. The topological polar surface area (TPSA) is 59.8 Å². The maximum absolute atomic E-state index is 12.5. The normalized spacial score (nSPS) is 25.7.